The van der Waals surface area contributed by atoms with Crippen LogP contribution in [0, 0.1) is 12.8 Å². The molecule has 0 amide bonds. The van der Waals surface area contributed by atoms with Gasteiger partial charge in [-0.15, -0.1) is 0 Å². The van der Waals surface area contributed by atoms with Gasteiger partial charge in [-0.2, -0.15) is 0 Å². The van der Waals surface area contributed by atoms with Crippen molar-refractivity contribution in [2.45, 2.75) is 53.4 Å². The van der Waals surface area contributed by atoms with E-state index in [1.165, 1.54) is 11.1 Å². The van der Waals surface area contributed by atoms with Crippen molar-refractivity contribution in [3.63, 3.8) is 0 Å². The number of rotatable bonds is 6. The molecule has 1 aliphatic rings. The number of aryl methyl sites for hydroxylation is 2. The molecule has 0 aliphatic heterocycles. The van der Waals surface area contributed by atoms with E-state index < -0.39 is 0 Å². The van der Waals surface area contributed by atoms with Gasteiger partial charge in [0.05, 0.1) is 0 Å². The summed E-state index contributed by atoms with van der Waals surface area (Å²) in [6, 6.07) is 12.5. The number of hydrogen-bond donors (Lipinski definition) is 0. The fourth-order valence-corrected chi connectivity index (χ4v) is 3.37. The fourth-order valence-electron chi connectivity index (χ4n) is 3.37. The zero-order chi connectivity index (χ0) is 19.6. The van der Waals surface area contributed by atoms with Crippen molar-refractivity contribution >= 4 is 11.4 Å². The van der Waals surface area contributed by atoms with Crippen molar-refractivity contribution in [3.8, 4) is 0 Å². The summed E-state index contributed by atoms with van der Waals surface area (Å²) in [6.45, 7) is 8.25. The maximum Gasteiger partial charge on any atom is 0.159 e. The third-order valence-corrected chi connectivity index (χ3v) is 4.82. The lowest BCUT2D eigenvalue weighted by Crippen LogP contribution is -2.13. The standard InChI is InChI=1S/C23H25NO.C2H6.H2/c1-17-5-3-6-19(15-17)7-4-8-23(25)22-16-21(10-9-18(22)2)20-11-13-24-14-12-20;1-2;/h3,5-6,10-16,18H,4,7-9H2,1-2H3;1-2H3;1H. The predicted molar refractivity (Wildman–Crippen MR) is 117 cm³/mol. The highest BCUT2D eigenvalue weighted by Gasteiger charge is 2.20. The second-order valence-electron chi connectivity index (χ2n) is 6.90. The Bertz CT molecular complexity index is 808. The largest absolute Gasteiger partial charge is 0.295 e. The summed E-state index contributed by atoms with van der Waals surface area (Å²) < 4.78 is 0. The zero-order valence-corrected chi connectivity index (χ0v) is 17.0. The number of nitrogens with zero attached hydrogens (tertiary/aromatic N) is 1. The summed E-state index contributed by atoms with van der Waals surface area (Å²) in [5, 5.41) is 0. The number of benzene rings is 1. The molecule has 27 heavy (non-hydrogen) atoms. The molecule has 1 unspecified atom stereocenters. The number of carbonyl (C=O) groups excluding carboxylic acids is 1. The first-order valence-corrected chi connectivity index (χ1v) is 10.0. The number of Topliss-reactive ketones (excluding diaryl/α,β-unsaturated/α-hetero) is 1. The highest BCUT2D eigenvalue weighted by atomic mass is 16.1. The Morgan fingerprint density at radius 3 is 2.63 bits per heavy atom. The van der Waals surface area contributed by atoms with Gasteiger partial charge in [0.2, 0.25) is 0 Å². The van der Waals surface area contributed by atoms with Crippen molar-refractivity contribution in [1.29, 1.82) is 0 Å². The molecular weight excluding hydrogens is 330 g/mol. The molecule has 0 radical (unpaired) electrons. The lowest BCUT2D eigenvalue weighted by molar-refractivity contribution is -0.116. The Balaban J connectivity index is 0.00000127. The number of pyridine rings is 1. The SMILES string of the molecule is CC.Cc1cccc(CCCC(=O)C2=CC(c3ccncc3)=CCC2C)c1.[HH]. The molecular formula is C25H33NO. The van der Waals surface area contributed by atoms with Crippen LogP contribution in [0.15, 0.2) is 66.5 Å². The average Bonchev–Trinajstić information content (AvgIpc) is 2.70. The summed E-state index contributed by atoms with van der Waals surface area (Å²) in [7, 11) is 0. The van der Waals surface area contributed by atoms with Gasteiger partial charge >= 0.3 is 0 Å². The van der Waals surface area contributed by atoms with Crippen molar-refractivity contribution < 1.29 is 6.22 Å². The van der Waals surface area contributed by atoms with Crippen LogP contribution in [0.1, 0.15) is 58.2 Å². The Morgan fingerprint density at radius 2 is 1.93 bits per heavy atom. The normalized spacial score (nSPS) is 15.9. The summed E-state index contributed by atoms with van der Waals surface area (Å²) in [5.74, 6) is 0.594. The molecule has 0 fully saturated rings. The molecule has 0 saturated heterocycles. The smallest absolute Gasteiger partial charge is 0.159 e. The van der Waals surface area contributed by atoms with Crippen LogP contribution in [0.25, 0.3) is 5.57 Å². The lowest BCUT2D eigenvalue weighted by atomic mass is 9.84. The van der Waals surface area contributed by atoms with Gasteiger partial charge in [-0.1, -0.05) is 56.7 Å². The van der Waals surface area contributed by atoms with Gasteiger partial charge in [-0.3, -0.25) is 9.78 Å². The van der Waals surface area contributed by atoms with E-state index in [1.807, 2.05) is 26.0 Å². The number of hydrogen-bond acceptors (Lipinski definition) is 2. The molecule has 0 N–H and O–H groups in total. The molecule has 1 aromatic carbocycles. The van der Waals surface area contributed by atoms with Crippen molar-refractivity contribution in [3.05, 3.63) is 83.2 Å². The van der Waals surface area contributed by atoms with Crippen LogP contribution >= 0.6 is 0 Å². The van der Waals surface area contributed by atoms with Crippen molar-refractivity contribution in [1.82, 2.24) is 4.98 Å². The molecule has 1 aliphatic carbocycles. The lowest BCUT2D eigenvalue weighted by Gasteiger charge is -2.20. The molecule has 1 heterocycles. The molecule has 144 valence electrons. The van der Waals surface area contributed by atoms with Gasteiger partial charge in [0.1, 0.15) is 0 Å². The quantitative estimate of drug-likeness (QED) is 0.578. The van der Waals surface area contributed by atoms with Crippen LogP contribution < -0.4 is 0 Å². The molecule has 1 atom stereocenters. The van der Waals surface area contributed by atoms with E-state index in [4.69, 9.17) is 0 Å². The maximum absolute atomic E-state index is 12.7. The van der Waals surface area contributed by atoms with Gasteiger partial charge in [-0.25, -0.2) is 0 Å². The van der Waals surface area contributed by atoms with Crippen LogP contribution in [0.4, 0.5) is 0 Å². The monoisotopic (exact) mass is 363 g/mol. The Hall–Kier alpha value is -2.48. The van der Waals surface area contributed by atoms with E-state index in [0.717, 1.165) is 36.0 Å². The van der Waals surface area contributed by atoms with E-state index in [0.29, 0.717) is 18.1 Å². The Morgan fingerprint density at radius 1 is 1.19 bits per heavy atom. The summed E-state index contributed by atoms with van der Waals surface area (Å²) >= 11 is 0. The van der Waals surface area contributed by atoms with Gasteiger partial charge in [0.15, 0.2) is 5.78 Å². The zero-order valence-electron chi connectivity index (χ0n) is 17.0. The van der Waals surface area contributed by atoms with E-state index in [2.05, 4.69) is 55.2 Å². The molecule has 1 aromatic heterocycles. The molecule has 2 aromatic rings. The van der Waals surface area contributed by atoms with Gasteiger partial charge in [0.25, 0.3) is 0 Å². The Labute approximate surface area is 165 Å². The highest BCUT2D eigenvalue weighted by molar-refractivity contribution is 5.99. The summed E-state index contributed by atoms with van der Waals surface area (Å²) in [6.07, 6.45) is 11.3. The van der Waals surface area contributed by atoms with Gasteiger partial charge < -0.3 is 0 Å². The third-order valence-electron chi connectivity index (χ3n) is 4.82. The number of ketones is 1. The van der Waals surface area contributed by atoms with E-state index in [1.54, 1.807) is 12.4 Å². The molecule has 2 nitrogen and oxygen atoms in total. The highest BCUT2D eigenvalue weighted by Crippen LogP contribution is 2.30. The number of carbonyl (C=O) groups is 1. The maximum atomic E-state index is 12.7. The second-order valence-corrected chi connectivity index (χ2v) is 6.90. The van der Waals surface area contributed by atoms with E-state index >= 15 is 0 Å². The molecule has 0 spiro atoms. The molecule has 2 heteroatoms. The second kappa shape index (κ2) is 10.6. The third kappa shape index (κ3) is 6.02. The molecule has 0 saturated carbocycles. The van der Waals surface area contributed by atoms with Gasteiger partial charge in [0, 0.05) is 20.2 Å². The van der Waals surface area contributed by atoms with Crippen molar-refractivity contribution in [2.75, 3.05) is 0 Å². The summed E-state index contributed by atoms with van der Waals surface area (Å²) in [4.78, 5) is 16.8. The topological polar surface area (TPSA) is 30.0 Å². The van der Waals surface area contributed by atoms with Gasteiger partial charge in [-0.05, 0) is 72.6 Å². The molecule has 0 bridgehead atoms. The first-order chi connectivity index (χ1) is 13.1. The number of aromatic nitrogens is 1. The fraction of sp³-hybridized carbons (Fsp3) is 0.360. The Kier molecular flexibility index (Phi) is 8.19. The molecule has 3 rings (SSSR count). The van der Waals surface area contributed by atoms with Crippen LogP contribution in [-0.2, 0) is 11.2 Å². The average molecular weight is 364 g/mol. The van der Waals surface area contributed by atoms with E-state index in [-0.39, 0.29) is 1.43 Å². The van der Waals surface area contributed by atoms with Crippen LogP contribution in [0.2, 0.25) is 0 Å². The van der Waals surface area contributed by atoms with Crippen LogP contribution in [0.5, 0.6) is 0 Å². The minimum atomic E-state index is 0. The van der Waals surface area contributed by atoms with Crippen molar-refractivity contribution in [2.24, 2.45) is 5.92 Å². The van der Waals surface area contributed by atoms with Crippen LogP contribution in [0.3, 0.4) is 0 Å². The minimum absolute atomic E-state index is 0. The summed E-state index contributed by atoms with van der Waals surface area (Å²) in [5.41, 5.74) is 5.84. The minimum Gasteiger partial charge on any atom is -0.295 e. The van der Waals surface area contributed by atoms with E-state index in [9.17, 15) is 4.79 Å². The van der Waals surface area contributed by atoms with Crippen LogP contribution in [-0.4, -0.2) is 10.8 Å². The number of allylic oxidation sites excluding steroid dienone is 4. The predicted octanol–water partition coefficient (Wildman–Crippen LogP) is 6.60. The first kappa shape index (κ1) is 20.8. The first-order valence-electron chi connectivity index (χ1n) is 10.0.